The highest BCUT2D eigenvalue weighted by atomic mass is 16.3. The van der Waals surface area contributed by atoms with Gasteiger partial charge in [-0.05, 0) is 49.4 Å². The van der Waals surface area contributed by atoms with E-state index in [0.29, 0.717) is 17.4 Å². The average Bonchev–Trinajstić information content (AvgIpc) is 3.20. The molecule has 0 spiro atoms. The van der Waals surface area contributed by atoms with Gasteiger partial charge in [0.1, 0.15) is 0 Å². The van der Waals surface area contributed by atoms with Crippen molar-refractivity contribution in [1.82, 2.24) is 4.90 Å². The Morgan fingerprint density at radius 1 is 1.15 bits per heavy atom. The number of aliphatic hydroxyl groups is 1. The van der Waals surface area contributed by atoms with Crippen LogP contribution in [-0.4, -0.2) is 34.7 Å². The highest BCUT2D eigenvalue weighted by Crippen LogP contribution is 2.43. The van der Waals surface area contributed by atoms with Crippen molar-refractivity contribution in [2.45, 2.75) is 91.3 Å². The molecule has 0 radical (unpaired) electrons. The molecule has 0 aromatic heterocycles. The summed E-state index contributed by atoms with van der Waals surface area (Å²) in [6.07, 6.45) is 7.24. The molecular weight excluding hydrogens is 246 g/mol. The molecule has 0 saturated heterocycles. The van der Waals surface area contributed by atoms with Crippen LogP contribution in [0.25, 0.3) is 0 Å². The number of aliphatic hydroxyl groups excluding tert-OH is 1. The topological polar surface area (TPSA) is 23.5 Å². The highest BCUT2D eigenvalue weighted by molar-refractivity contribution is 4.97. The second kappa shape index (κ2) is 6.36. The van der Waals surface area contributed by atoms with Crippen LogP contribution in [0.15, 0.2) is 0 Å². The lowest BCUT2D eigenvalue weighted by Gasteiger charge is -2.46. The molecule has 2 saturated carbocycles. The summed E-state index contributed by atoms with van der Waals surface area (Å²) in [6.45, 7) is 12.9. The zero-order valence-corrected chi connectivity index (χ0v) is 14.2. The van der Waals surface area contributed by atoms with Gasteiger partial charge in [-0.3, -0.25) is 4.90 Å². The van der Waals surface area contributed by atoms with Crippen molar-refractivity contribution < 1.29 is 5.11 Å². The summed E-state index contributed by atoms with van der Waals surface area (Å²) < 4.78 is 0. The van der Waals surface area contributed by atoms with Gasteiger partial charge in [0.25, 0.3) is 0 Å². The molecule has 2 aliphatic carbocycles. The summed E-state index contributed by atoms with van der Waals surface area (Å²) in [7, 11) is 0. The molecule has 20 heavy (non-hydrogen) atoms. The maximum absolute atomic E-state index is 10.5. The van der Waals surface area contributed by atoms with E-state index in [1.54, 1.807) is 0 Å². The Morgan fingerprint density at radius 3 is 2.30 bits per heavy atom. The SMILES string of the molecule is CCC(C)(C)C1CCC(O)C(N(CC(C)C)C2CC2)C1. The van der Waals surface area contributed by atoms with Crippen LogP contribution in [-0.2, 0) is 0 Å². The smallest absolute Gasteiger partial charge is 0.0695 e. The first-order valence-electron chi connectivity index (χ1n) is 8.79. The van der Waals surface area contributed by atoms with Gasteiger partial charge in [0, 0.05) is 18.6 Å². The van der Waals surface area contributed by atoms with E-state index >= 15 is 0 Å². The molecule has 0 aliphatic heterocycles. The number of nitrogens with zero attached hydrogens (tertiary/aromatic N) is 1. The lowest BCUT2D eigenvalue weighted by Crippen LogP contribution is -2.51. The summed E-state index contributed by atoms with van der Waals surface area (Å²) in [5.74, 6) is 1.47. The highest BCUT2D eigenvalue weighted by Gasteiger charge is 2.43. The van der Waals surface area contributed by atoms with Gasteiger partial charge in [-0.1, -0.05) is 41.0 Å². The van der Waals surface area contributed by atoms with Crippen LogP contribution >= 0.6 is 0 Å². The van der Waals surface area contributed by atoms with E-state index in [2.05, 4.69) is 39.5 Å². The molecule has 2 rings (SSSR count). The van der Waals surface area contributed by atoms with Crippen molar-refractivity contribution in [2.75, 3.05) is 6.54 Å². The van der Waals surface area contributed by atoms with Crippen LogP contribution in [0, 0.1) is 17.3 Å². The van der Waals surface area contributed by atoms with Crippen molar-refractivity contribution in [2.24, 2.45) is 17.3 Å². The maximum atomic E-state index is 10.5. The first kappa shape index (κ1) is 16.3. The van der Waals surface area contributed by atoms with Gasteiger partial charge >= 0.3 is 0 Å². The van der Waals surface area contributed by atoms with Crippen molar-refractivity contribution in [3.8, 4) is 0 Å². The van der Waals surface area contributed by atoms with Crippen molar-refractivity contribution in [3.05, 3.63) is 0 Å². The second-order valence-corrected chi connectivity index (χ2v) is 8.31. The van der Waals surface area contributed by atoms with Crippen LogP contribution in [0.3, 0.4) is 0 Å². The van der Waals surface area contributed by atoms with E-state index in [0.717, 1.165) is 24.9 Å². The summed E-state index contributed by atoms with van der Waals surface area (Å²) in [4.78, 5) is 2.66. The van der Waals surface area contributed by atoms with E-state index in [-0.39, 0.29) is 6.10 Å². The molecule has 2 fully saturated rings. The molecule has 0 aromatic rings. The van der Waals surface area contributed by atoms with Gasteiger partial charge in [0.15, 0.2) is 0 Å². The van der Waals surface area contributed by atoms with E-state index in [1.165, 1.54) is 32.1 Å². The van der Waals surface area contributed by atoms with Gasteiger partial charge in [-0.2, -0.15) is 0 Å². The van der Waals surface area contributed by atoms with E-state index in [1.807, 2.05) is 0 Å². The molecule has 0 heterocycles. The molecule has 2 nitrogen and oxygen atoms in total. The Morgan fingerprint density at radius 2 is 1.80 bits per heavy atom. The van der Waals surface area contributed by atoms with E-state index in [4.69, 9.17) is 0 Å². The van der Waals surface area contributed by atoms with Crippen LogP contribution in [0.5, 0.6) is 0 Å². The van der Waals surface area contributed by atoms with Gasteiger partial charge in [-0.15, -0.1) is 0 Å². The normalized spacial score (nSPS) is 32.1. The Labute approximate surface area is 125 Å². The Hall–Kier alpha value is -0.0800. The van der Waals surface area contributed by atoms with Crippen molar-refractivity contribution in [1.29, 1.82) is 0 Å². The lowest BCUT2D eigenvalue weighted by molar-refractivity contribution is -0.0278. The van der Waals surface area contributed by atoms with E-state index in [9.17, 15) is 5.11 Å². The monoisotopic (exact) mass is 281 g/mol. The summed E-state index contributed by atoms with van der Waals surface area (Å²) in [6, 6.07) is 1.18. The Balaban J connectivity index is 2.06. The fourth-order valence-corrected chi connectivity index (χ4v) is 3.87. The molecule has 0 amide bonds. The van der Waals surface area contributed by atoms with Crippen molar-refractivity contribution >= 4 is 0 Å². The van der Waals surface area contributed by atoms with Gasteiger partial charge in [-0.25, -0.2) is 0 Å². The van der Waals surface area contributed by atoms with Gasteiger partial charge in [0.2, 0.25) is 0 Å². The van der Waals surface area contributed by atoms with Crippen LogP contribution in [0.2, 0.25) is 0 Å². The maximum Gasteiger partial charge on any atom is 0.0695 e. The van der Waals surface area contributed by atoms with Crippen LogP contribution < -0.4 is 0 Å². The van der Waals surface area contributed by atoms with Gasteiger partial charge in [0.05, 0.1) is 6.10 Å². The zero-order chi connectivity index (χ0) is 14.9. The first-order valence-corrected chi connectivity index (χ1v) is 8.79. The second-order valence-electron chi connectivity index (χ2n) is 8.31. The summed E-state index contributed by atoms with van der Waals surface area (Å²) in [5.41, 5.74) is 0.422. The average molecular weight is 281 g/mol. The third-order valence-corrected chi connectivity index (χ3v) is 5.82. The fraction of sp³-hybridized carbons (Fsp3) is 1.00. The quantitative estimate of drug-likeness (QED) is 0.793. The minimum Gasteiger partial charge on any atom is -0.391 e. The predicted molar refractivity (Wildman–Crippen MR) is 85.8 cm³/mol. The third-order valence-electron chi connectivity index (χ3n) is 5.82. The lowest BCUT2D eigenvalue weighted by atomic mass is 9.67. The number of rotatable bonds is 6. The van der Waals surface area contributed by atoms with Crippen molar-refractivity contribution in [3.63, 3.8) is 0 Å². The third kappa shape index (κ3) is 3.76. The molecule has 2 aliphatic rings. The van der Waals surface area contributed by atoms with Crippen LogP contribution in [0.4, 0.5) is 0 Å². The number of hydrogen-bond acceptors (Lipinski definition) is 2. The Bertz CT molecular complexity index is 309. The van der Waals surface area contributed by atoms with Crippen LogP contribution in [0.1, 0.15) is 73.1 Å². The molecular formula is C18H35NO. The van der Waals surface area contributed by atoms with Gasteiger partial charge < -0.3 is 5.11 Å². The molecule has 118 valence electrons. The summed E-state index contributed by atoms with van der Waals surface area (Å²) >= 11 is 0. The van der Waals surface area contributed by atoms with E-state index < -0.39 is 0 Å². The molecule has 0 aromatic carbocycles. The zero-order valence-electron chi connectivity index (χ0n) is 14.2. The molecule has 1 N–H and O–H groups in total. The minimum absolute atomic E-state index is 0.0988. The standard InChI is InChI=1S/C18H35NO/c1-6-18(4,5)14-7-10-17(20)16(11-14)19(12-13(2)3)15-8-9-15/h13-17,20H,6-12H2,1-5H3. The molecule has 0 bridgehead atoms. The number of hydrogen-bond donors (Lipinski definition) is 1. The largest absolute Gasteiger partial charge is 0.391 e. The Kier molecular flexibility index (Phi) is 5.18. The summed E-state index contributed by atoms with van der Waals surface area (Å²) in [5, 5.41) is 10.5. The molecule has 3 unspecified atom stereocenters. The first-order chi connectivity index (χ1) is 9.35. The molecule has 2 heteroatoms. The fourth-order valence-electron chi connectivity index (χ4n) is 3.87. The predicted octanol–water partition coefficient (Wildman–Crippen LogP) is 4.07. The minimum atomic E-state index is -0.0988. The molecule has 3 atom stereocenters.